The molecule has 28 heavy (non-hydrogen) atoms. The summed E-state index contributed by atoms with van der Waals surface area (Å²) in [4.78, 5) is 29.0. The highest BCUT2D eigenvalue weighted by Gasteiger charge is 2.33. The first-order valence-corrected chi connectivity index (χ1v) is 9.68. The van der Waals surface area contributed by atoms with Gasteiger partial charge in [0.2, 0.25) is 0 Å². The van der Waals surface area contributed by atoms with Crippen LogP contribution in [0.4, 0.5) is 4.39 Å². The van der Waals surface area contributed by atoms with Crippen molar-refractivity contribution in [2.45, 2.75) is 18.9 Å². The minimum atomic E-state index is -0.548. The Morgan fingerprint density at radius 1 is 1.00 bits per heavy atom. The van der Waals surface area contributed by atoms with Crippen LogP contribution in [-0.2, 0) is 11.2 Å². The van der Waals surface area contributed by atoms with Gasteiger partial charge in [0.15, 0.2) is 6.10 Å². The van der Waals surface area contributed by atoms with Gasteiger partial charge in [-0.2, -0.15) is 0 Å². The third kappa shape index (κ3) is 3.83. The quantitative estimate of drug-likeness (QED) is 0.775. The lowest BCUT2D eigenvalue weighted by Crippen LogP contribution is -2.43. The molecule has 7 heteroatoms. The van der Waals surface area contributed by atoms with Gasteiger partial charge in [-0.1, -0.05) is 11.6 Å². The van der Waals surface area contributed by atoms with E-state index in [9.17, 15) is 14.0 Å². The lowest BCUT2D eigenvalue weighted by Gasteiger charge is -2.24. The summed E-state index contributed by atoms with van der Waals surface area (Å²) in [5.74, 6) is 0.116. The molecule has 2 aromatic carbocycles. The van der Waals surface area contributed by atoms with Gasteiger partial charge in [0.1, 0.15) is 11.6 Å². The number of carbonyl (C=O) groups is 2. The Labute approximate surface area is 167 Å². The van der Waals surface area contributed by atoms with E-state index in [4.69, 9.17) is 16.3 Å². The first-order chi connectivity index (χ1) is 13.5. The van der Waals surface area contributed by atoms with Crippen LogP contribution < -0.4 is 4.74 Å². The fourth-order valence-electron chi connectivity index (χ4n) is 3.67. The lowest BCUT2D eigenvalue weighted by molar-refractivity contribution is -0.137. The summed E-state index contributed by atoms with van der Waals surface area (Å²) in [7, 11) is 0. The van der Waals surface area contributed by atoms with Gasteiger partial charge in [-0.25, -0.2) is 4.39 Å². The summed E-state index contributed by atoms with van der Waals surface area (Å²) in [5.41, 5.74) is 1.39. The number of hydrogen-bond donors (Lipinski definition) is 0. The number of rotatable bonds is 2. The van der Waals surface area contributed by atoms with E-state index in [0.29, 0.717) is 55.4 Å². The number of ether oxygens (including phenoxy) is 1. The zero-order chi connectivity index (χ0) is 19.7. The first kappa shape index (κ1) is 18.7. The summed E-state index contributed by atoms with van der Waals surface area (Å²) in [6.07, 6.45) is 0.640. The van der Waals surface area contributed by atoms with E-state index in [0.717, 1.165) is 5.56 Å². The number of carbonyl (C=O) groups excluding carboxylic acids is 2. The maximum Gasteiger partial charge on any atom is 0.264 e. The monoisotopic (exact) mass is 402 g/mol. The largest absolute Gasteiger partial charge is 0.480 e. The van der Waals surface area contributed by atoms with E-state index in [1.807, 2.05) is 6.07 Å². The maximum absolute atomic E-state index is 13.1. The molecule has 2 aliphatic rings. The number of amides is 2. The highest BCUT2D eigenvalue weighted by Crippen LogP contribution is 2.31. The number of halogens is 2. The molecule has 4 rings (SSSR count). The molecule has 1 saturated heterocycles. The standard InChI is InChI=1S/C21H20ClFN2O3/c22-16-4-7-18-15(12-16)13-19(28-18)21(27)25-9-1-8-24(10-11-25)20(26)14-2-5-17(23)6-3-14/h2-7,12,19H,1,8-11,13H2. The Morgan fingerprint density at radius 3 is 2.50 bits per heavy atom. The second kappa shape index (κ2) is 7.80. The Hall–Kier alpha value is -2.60. The van der Waals surface area contributed by atoms with E-state index in [1.54, 1.807) is 21.9 Å². The van der Waals surface area contributed by atoms with E-state index in [2.05, 4.69) is 0 Å². The second-order valence-electron chi connectivity index (χ2n) is 7.04. The fraction of sp³-hybridized carbons (Fsp3) is 0.333. The third-order valence-corrected chi connectivity index (χ3v) is 5.39. The third-order valence-electron chi connectivity index (χ3n) is 5.16. The van der Waals surface area contributed by atoms with Gasteiger partial charge < -0.3 is 14.5 Å². The zero-order valence-electron chi connectivity index (χ0n) is 15.2. The Balaban J connectivity index is 1.38. The van der Waals surface area contributed by atoms with Crippen LogP contribution >= 0.6 is 11.6 Å². The smallest absolute Gasteiger partial charge is 0.264 e. The molecule has 2 amide bonds. The second-order valence-corrected chi connectivity index (χ2v) is 7.48. The van der Waals surface area contributed by atoms with Crippen molar-refractivity contribution < 1.29 is 18.7 Å². The summed E-state index contributed by atoms with van der Waals surface area (Å²) < 4.78 is 18.9. The molecule has 0 aliphatic carbocycles. The molecular formula is C21H20ClFN2O3. The van der Waals surface area contributed by atoms with Crippen LogP contribution in [0.2, 0.25) is 5.02 Å². The van der Waals surface area contributed by atoms with E-state index < -0.39 is 6.10 Å². The molecule has 1 fully saturated rings. The number of nitrogens with zero attached hydrogens (tertiary/aromatic N) is 2. The van der Waals surface area contributed by atoms with Crippen molar-refractivity contribution in [3.8, 4) is 5.75 Å². The van der Waals surface area contributed by atoms with Gasteiger partial charge in [0.25, 0.3) is 11.8 Å². The van der Waals surface area contributed by atoms with Crippen LogP contribution in [0.3, 0.4) is 0 Å². The minimum absolute atomic E-state index is 0.0663. The number of benzene rings is 2. The minimum Gasteiger partial charge on any atom is -0.480 e. The molecule has 1 unspecified atom stereocenters. The molecule has 0 saturated carbocycles. The Kier molecular flexibility index (Phi) is 5.22. The highest BCUT2D eigenvalue weighted by molar-refractivity contribution is 6.30. The van der Waals surface area contributed by atoms with Gasteiger partial charge in [0, 0.05) is 43.2 Å². The van der Waals surface area contributed by atoms with Gasteiger partial charge in [-0.15, -0.1) is 0 Å². The molecule has 2 aliphatic heterocycles. The molecule has 0 spiro atoms. The van der Waals surface area contributed by atoms with E-state index in [1.165, 1.54) is 24.3 Å². The van der Waals surface area contributed by atoms with Gasteiger partial charge >= 0.3 is 0 Å². The predicted molar refractivity (Wildman–Crippen MR) is 103 cm³/mol. The van der Waals surface area contributed by atoms with Crippen LogP contribution in [0, 0.1) is 5.82 Å². The molecule has 0 radical (unpaired) electrons. The molecule has 1 atom stereocenters. The van der Waals surface area contributed by atoms with Crippen LogP contribution in [0.5, 0.6) is 5.75 Å². The van der Waals surface area contributed by atoms with Crippen molar-refractivity contribution >= 4 is 23.4 Å². The van der Waals surface area contributed by atoms with Gasteiger partial charge in [0.05, 0.1) is 0 Å². The van der Waals surface area contributed by atoms with Crippen molar-refractivity contribution in [3.05, 3.63) is 64.4 Å². The van der Waals surface area contributed by atoms with Gasteiger partial charge in [-0.05, 0) is 54.4 Å². The normalized spacial score (nSPS) is 19.0. The van der Waals surface area contributed by atoms with Crippen LogP contribution in [0.25, 0.3) is 0 Å². The Morgan fingerprint density at radius 2 is 1.71 bits per heavy atom. The molecule has 5 nitrogen and oxygen atoms in total. The predicted octanol–water partition coefficient (Wildman–Crippen LogP) is 3.16. The van der Waals surface area contributed by atoms with E-state index >= 15 is 0 Å². The van der Waals surface area contributed by atoms with Crippen molar-refractivity contribution in [2.24, 2.45) is 0 Å². The van der Waals surface area contributed by atoms with E-state index in [-0.39, 0.29) is 17.6 Å². The number of fused-ring (bicyclic) bond motifs is 1. The summed E-state index contributed by atoms with van der Waals surface area (Å²) in [6.45, 7) is 2.01. The number of hydrogen-bond acceptors (Lipinski definition) is 3. The molecule has 0 aromatic heterocycles. The SMILES string of the molecule is O=C(c1ccc(F)cc1)N1CCCN(C(=O)C2Cc3cc(Cl)ccc3O2)CC1. The molecule has 0 bridgehead atoms. The van der Waals surface area contributed by atoms with Crippen molar-refractivity contribution in [2.75, 3.05) is 26.2 Å². The summed E-state index contributed by atoms with van der Waals surface area (Å²) >= 11 is 6.02. The molecule has 2 heterocycles. The first-order valence-electron chi connectivity index (χ1n) is 9.30. The topological polar surface area (TPSA) is 49.9 Å². The van der Waals surface area contributed by atoms with Crippen molar-refractivity contribution in [3.63, 3.8) is 0 Å². The van der Waals surface area contributed by atoms with Gasteiger partial charge in [-0.3, -0.25) is 9.59 Å². The van der Waals surface area contributed by atoms with Crippen LogP contribution in [0.15, 0.2) is 42.5 Å². The highest BCUT2D eigenvalue weighted by atomic mass is 35.5. The zero-order valence-corrected chi connectivity index (χ0v) is 16.0. The van der Waals surface area contributed by atoms with Crippen LogP contribution in [-0.4, -0.2) is 53.9 Å². The summed E-state index contributed by atoms with van der Waals surface area (Å²) in [5, 5.41) is 0.625. The molecule has 146 valence electrons. The molecule has 2 aromatic rings. The van der Waals surface area contributed by atoms with Crippen LogP contribution in [0.1, 0.15) is 22.3 Å². The average Bonchev–Trinajstić information content (AvgIpc) is 2.95. The fourth-order valence-corrected chi connectivity index (χ4v) is 3.87. The lowest BCUT2D eigenvalue weighted by atomic mass is 10.1. The summed E-state index contributed by atoms with van der Waals surface area (Å²) in [6, 6.07) is 10.9. The molecular weight excluding hydrogens is 383 g/mol. The molecule has 0 N–H and O–H groups in total. The maximum atomic E-state index is 13.1. The van der Waals surface area contributed by atoms with Crippen molar-refractivity contribution in [1.82, 2.24) is 9.80 Å². The Bertz CT molecular complexity index is 903. The average molecular weight is 403 g/mol. The van der Waals surface area contributed by atoms with Crippen molar-refractivity contribution in [1.29, 1.82) is 0 Å².